The van der Waals surface area contributed by atoms with Gasteiger partial charge in [0.05, 0.1) is 11.6 Å². The summed E-state index contributed by atoms with van der Waals surface area (Å²) in [7, 11) is 0. The Kier molecular flexibility index (Phi) is 2.53. The summed E-state index contributed by atoms with van der Waals surface area (Å²) in [5, 5.41) is 0.507. The van der Waals surface area contributed by atoms with Crippen LogP contribution in [0.2, 0.25) is 5.15 Å². The van der Waals surface area contributed by atoms with Crippen molar-refractivity contribution >= 4 is 22.6 Å². The fourth-order valence-corrected chi connectivity index (χ4v) is 2.40. The van der Waals surface area contributed by atoms with Crippen LogP contribution in [0.3, 0.4) is 0 Å². The topological polar surface area (TPSA) is 39.9 Å². The van der Waals surface area contributed by atoms with E-state index >= 15 is 0 Å². The number of fused-ring (bicyclic) bond motifs is 1. The van der Waals surface area contributed by atoms with E-state index in [-0.39, 0.29) is 0 Å². The van der Waals surface area contributed by atoms with Crippen molar-refractivity contribution in [2.75, 3.05) is 6.61 Å². The van der Waals surface area contributed by atoms with Gasteiger partial charge in [0.25, 0.3) is 0 Å². The quantitative estimate of drug-likeness (QED) is 0.753. The standard InChI is InChI=1S/C11H12ClN3O/c12-11-10-9(13-7-14-11)3-4-15(10)6-8-2-1-5-16-8/h3-4,7-8H,1-2,5-6H2/t8-/m1/s1. The molecule has 4 nitrogen and oxygen atoms in total. The van der Waals surface area contributed by atoms with Crippen molar-refractivity contribution in [3.63, 3.8) is 0 Å². The third-order valence-electron chi connectivity index (χ3n) is 2.93. The first-order chi connectivity index (χ1) is 7.84. The van der Waals surface area contributed by atoms with Gasteiger partial charge in [-0.1, -0.05) is 11.6 Å². The maximum Gasteiger partial charge on any atom is 0.156 e. The van der Waals surface area contributed by atoms with Gasteiger partial charge in [-0.15, -0.1) is 0 Å². The average Bonchev–Trinajstić information content (AvgIpc) is 2.90. The fourth-order valence-electron chi connectivity index (χ4n) is 2.15. The van der Waals surface area contributed by atoms with Gasteiger partial charge < -0.3 is 9.30 Å². The number of aromatic nitrogens is 3. The second-order valence-corrected chi connectivity index (χ2v) is 4.36. The Bertz CT molecular complexity index is 505. The summed E-state index contributed by atoms with van der Waals surface area (Å²) in [6.45, 7) is 1.70. The Morgan fingerprint density at radius 3 is 3.25 bits per heavy atom. The van der Waals surface area contributed by atoms with E-state index in [0.717, 1.165) is 37.0 Å². The maximum absolute atomic E-state index is 6.08. The zero-order chi connectivity index (χ0) is 11.0. The van der Waals surface area contributed by atoms with Crippen LogP contribution in [0.4, 0.5) is 0 Å². The van der Waals surface area contributed by atoms with Crippen LogP contribution >= 0.6 is 11.6 Å². The van der Waals surface area contributed by atoms with E-state index in [1.807, 2.05) is 12.3 Å². The van der Waals surface area contributed by atoms with E-state index in [0.29, 0.717) is 11.3 Å². The average molecular weight is 238 g/mol. The van der Waals surface area contributed by atoms with E-state index in [9.17, 15) is 0 Å². The highest BCUT2D eigenvalue weighted by Gasteiger charge is 2.17. The summed E-state index contributed by atoms with van der Waals surface area (Å²) >= 11 is 6.08. The Balaban J connectivity index is 1.97. The zero-order valence-corrected chi connectivity index (χ0v) is 9.52. The molecule has 1 saturated heterocycles. The molecule has 3 heterocycles. The molecule has 0 unspecified atom stereocenters. The van der Waals surface area contributed by atoms with Gasteiger partial charge >= 0.3 is 0 Å². The molecule has 2 aromatic rings. The molecule has 0 bridgehead atoms. The maximum atomic E-state index is 6.08. The molecular weight excluding hydrogens is 226 g/mol. The van der Waals surface area contributed by atoms with Crippen LogP contribution < -0.4 is 0 Å². The fraction of sp³-hybridized carbons (Fsp3) is 0.455. The molecule has 16 heavy (non-hydrogen) atoms. The van der Waals surface area contributed by atoms with Crippen molar-refractivity contribution in [1.29, 1.82) is 0 Å². The van der Waals surface area contributed by atoms with E-state index in [2.05, 4.69) is 14.5 Å². The minimum absolute atomic E-state index is 0.298. The predicted molar refractivity (Wildman–Crippen MR) is 61.5 cm³/mol. The molecule has 0 amide bonds. The van der Waals surface area contributed by atoms with E-state index in [1.54, 1.807) is 0 Å². The van der Waals surface area contributed by atoms with E-state index < -0.39 is 0 Å². The smallest absolute Gasteiger partial charge is 0.156 e. The SMILES string of the molecule is Clc1ncnc2ccn(C[C@H]3CCCO3)c12. The number of nitrogens with zero attached hydrogens (tertiary/aromatic N) is 3. The molecule has 1 atom stereocenters. The van der Waals surface area contributed by atoms with Gasteiger partial charge in [-0.25, -0.2) is 9.97 Å². The molecule has 1 fully saturated rings. The lowest BCUT2D eigenvalue weighted by Gasteiger charge is -2.11. The van der Waals surface area contributed by atoms with Crippen molar-refractivity contribution in [2.24, 2.45) is 0 Å². The zero-order valence-electron chi connectivity index (χ0n) is 8.77. The summed E-state index contributed by atoms with van der Waals surface area (Å²) in [6.07, 6.45) is 6.04. The van der Waals surface area contributed by atoms with Crippen molar-refractivity contribution < 1.29 is 4.74 Å². The molecule has 84 valence electrons. The minimum Gasteiger partial charge on any atom is -0.376 e. The predicted octanol–water partition coefficient (Wildman–Crippen LogP) is 2.26. The summed E-state index contributed by atoms with van der Waals surface area (Å²) in [6, 6.07) is 1.96. The van der Waals surface area contributed by atoms with Crippen LogP contribution in [0.1, 0.15) is 12.8 Å². The number of rotatable bonds is 2. The molecule has 0 spiro atoms. The normalized spacial score (nSPS) is 20.7. The third-order valence-corrected chi connectivity index (χ3v) is 3.21. The Hall–Kier alpha value is -1.13. The molecule has 0 N–H and O–H groups in total. The molecule has 0 aromatic carbocycles. The van der Waals surface area contributed by atoms with Gasteiger partial charge in [-0.2, -0.15) is 0 Å². The Labute approximate surface area is 98.2 Å². The first kappa shape index (κ1) is 10.1. The number of hydrogen-bond acceptors (Lipinski definition) is 3. The van der Waals surface area contributed by atoms with Crippen LogP contribution in [0.25, 0.3) is 11.0 Å². The van der Waals surface area contributed by atoms with Gasteiger partial charge in [-0.05, 0) is 18.9 Å². The monoisotopic (exact) mass is 237 g/mol. The van der Waals surface area contributed by atoms with Crippen molar-refractivity contribution in [3.8, 4) is 0 Å². The molecule has 2 aromatic heterocycles. The minimum atomic E-state index is 0.298. The largest absolute Gasteiger partial charge is 0.376 e. The number of ether oxygens (including phenoxy) is 1. The van der Waals surface area contributed by atoms with Gasteiger partial charge in [0.1, 0.15) is 11.8 Å². The Morgan fingerprint density at radius 2 is 2.44 bits per heavy atom. The van der Waals surface area contributed by atoms with Crippen LogP contribution in [0, 0.1) is 0 Å². The summed E-state index contributed by atoms with van der Waals surface area (Å²) in [5.41, 5.74) is 1.79. The van der Waals surface area contributed by atoms with E-state index in [4.69, 9.17) is 16.3 Å². The molecule has 5 heteroatoms. The molecule has 1 aliphatic heterocycles. The van der Waals surface area contributed by atoms with Crippen molar-refractivity contribution in [2.45, 2.75) is 25.5 Å². The second-order valence-electron chi connectivity index (χ2n) is 4.00. The lowest BCUT2D eigenvalue weighted by molar-refractivity contribution is 0.0980. The first-order valence-corrected chi connectivity index (χ1v) is 5.79. The van der Waals surface area contributed by atoms with Crippen LogP contribution in [0.15, 0.2) is 18.6 Å². The van der Waals surface area contributed by atoms with Crippen molar-refractivity contribution in [1.82, 2.24) is 14.5 Å². The molecule has 0 aliphatic carbocycles. The Morgan fingerprint density at radius 1 is 1.50 bits per heavy atom. The molecule has 3 rings (SSSR count). The van der Waals surface area contributed by atoms with Crippen LogP contribution in [-0.4, -0.2) is 27.2 Å². The van der Waals surface area contributed by atoms with Crippen LogP contribution in [-0.2, 0) is 11.3 Å². The van der Waals surface area contributed by atoms with Crippen molar-refractivity contribution in [3.05, 3.63) is 23.7 Å². The second kappa shape index (κ2) is 4.03. The van der Waals surface area contributed by atoms with Crippen LogP contribution in [0.5, 0.6) is 0 Å². The van der Waals surface area contributed by atoms with Gasteiger partial charge in [0.15, 0.2) is 5.15 Å². The summed E-state index contributed by atoms with van der Waals surface area (Å²) in [5.74, 6) is 0. The number of halogens is 1. The molecule has 0 radical (unpaired) electrons. The van der Waals surface area contributed by atoms with Gasteiger partial charge in [0, 0.05) is 19.3 Å². The summed E-state index contributed by atoms with van der Waals surface area (Å²) in [4.78, 5) is 8.19. The lowest BCUT2D eigenvalue weighted by atomic mass is 10.2. The first-order valence-electron chi connectivity index (χ1n) is 5.41. The molecular formula is C11H12ClN3O. The molecule has 0 saturated carbocycles. The molecule has 1 aliphatic rings. The highest BCUT2D eigenvalue weighted by atomic mass is 35.5. The van der Waals surface area contributed by atoms with Gasteiger partial charge in [0.2, 0.25) is 0 Å². The number of hydrogen-bond donors (Lipinski definition) is 0. The van der Waals surface area contributed by atoms with E-state index in [1.165, 1.54) is 6.33 Å². The highest BCUT2D eigenvalue weighted by molar-refractivity contribution is 6.33. The van der Waals surface area contributed by atoms with Gasteiger partial charge in [-0.3, -0.25) is 0 Å². The third kappa shape index (κ3) is 1.68. The highest BCUT2D eigenvalue weighted by Crippen LogP contribution is 2.22. The lowest BCUT2D eigenvalue weighted by Crippen LogP contribution is -2.14. The summed E-state index contributed by atoms with van der Waals surface area (Å²) < 4.78 is 7.69.